The monoisotopic (exact) mass is 115 g/mol. The molecule has 46 valence electrons. The molecule has 0 aromatic heterocycles. The average molecular weight is 115 g/mol. The third kappa shape index (κ3) is 2.34. The minimum atomic E-state index is -0.160. The summed E-state index contributed by atoms with van der Waals surface area (Å²) >= 11 is 0. The fraction of sp³-hybridized carbons (Fsp3) is 0.600. The van der Waals surface area contributed by atoms with E-state index in [2.05, 4.69) is 5.16 Å². The zero-order valence-electron chi connectivity index (χ0n) is 4.96. The number of carbonyl (C=O) groups is 1. The first-order valence-electron chi connectivity index (χ1n) is 2.39. The first kappa shape index (κ1) is 7.14. The summed E-state index contributed by atoms with van der Waals surface area (Å²) in [7, 11) is 0. The molecule has 0 rings (SSSR count). The SMILES string of the molecule is CC(C)C(=O)/C=N\O. The highest BCUT2D eigenvalue weighted by Gasteiger charge is 2.01. The number of oxime groups is 1. The molecule has 3 nitrogen and oxygen atoms in total. The third-order valence-electron chi connectivity index (χ3n) is 0.754. The number of ketones is 1. The molecule has 0 aliphatic heterocycles. The molecule has 0 aliphatic rings. The predicted molar refractivity (Wildman–Crippen MR) is 30.1 cm³/mol. The molecular weight excluding hydrogens is 106 g/mol. The highest BCUT2D eigenvalue weighted by atomic mass is 16.4. The molecule has 8 heavy (non-hydrogen) atoms. The van der Waals surface area contributed by atoms with E-state index in [-0.39, 0.29) is 11.7 Å². The van der Waals surface area contributed by atoms with Crippen LogP contribution in [0.3, 0.4) is 0 Å². The van der Waals surface area contributed by atoms with E-state index in [0.717, 1.165) is 6.21 Å². The molecule has 0 spiro atoms. The highest BCUT2D eigenvalue weighted by Crippen LogP contribution is 1.89. The van der Waals surface area contributed by atoms with Crippen molar-refractivity contribution in [3.8, 4) is 0 Å². The lowest BCUT2D eigenvalue weighted by molar-refractivity contribution is -0.115. The van der Waals surface area contributed by atoms with Crippen LogP contribution in [0, 0.1) is 5.92 Å². The summed E-state index contributed by atoms with van der Waals surface area (Å²) in [5.41, 5.74) is 0. The lowest BCUT2D eigenvalue weighted by atomic mass is 10.1. The molecule has 0 aliphatic carbocycles. The summed E-state index contributed by atoms with van der Waals surface area (Å²) < 4.78 is 0. The van der Waals surface area contributed by atoms with Gasteiger partial charge in [0.15, 0.2) is 5.78 Å². The van der Waals surface area contributed by atoms with Gasteiger partial charge in [-0.1, -0.05) is 19.0 Å². The number of rotatable bonds is 2. The Kier molecular flexibility index (Phi) is 2.84. The second-order valence-electron chi connectivity index (χ2n) is 1.80. The van der Waals surface area contributed by atoms with Crippen LogP contribution >= 0.6 is 0 Å². The average Bonchev–Trinajstić information content (AvgIpc) is 1.67. The van der Waals surface area contributed by atoms with Gasteiger partial charge in [0.25, 0.3) is 0 Å². The maximum absolute atomic E-state index is 10.4. The Balaban J connectivity index is 3.66. The minimum absolute atomic E-state index is 0.0779. The standard InChI is InChI=1S/C5H9NO2/c1-4(2)5(7)3-6-8/h3-4,8H,1-2H3/b6-3-. The van der Waals surface area contributed by atoms with Gasteiger partial charge in [-0.05, 0) is 0 Å². The van der Waals surface area contributed by atoms with Crippen LogP contribution in [0.25, 0.3) is 0 Å². The van der Waals surface area contributed by atoms with E-state index < -0.39 is 0 Å². The zero-order valence-corrected chi connectivity index (χ0v) is 4.96. The van der Waals surface area contributed by atoms with Crippen molar-refractivity contribution < 1.29 is 10.0 Å². The lowest BCUT2D eigenvalue weighted by Crippen LogP contribution is -2.07. The van der Waals surface area contributed by atoms with Crippen molar-refractivity contribution in [1.82, 2.24) is 0 Å². The summed E-state index contributed by atoms with van der Waals surface area (Å²) in [6.07, 6.45) is 0.907. The van der Waals surface area contributed by atoms with Crippen LogP contribution < -0.4 is 0 Å². The van der Waals surface area contributed by atoms with Gasteiger partial charge in [0.2, 0.25) is 0 Å². The Morgan fingerprint density at radius 2 is 2.25 bits per heavy atom. The molecule has 0 unspecified atom stereocenters. The summed E-state index contributed by atoms with van der Waals surface area (Å²) in [4.78, 5) is 10.4. The number of hydrogen-bond donors (Lipinski definition) is 1. The molecule has 0 saturated heterocycles. The van der Waals surface area contributed by atoms with Crippen LogP contribution in [0.15, 0.2) is 5.16 Å². The van der Waals surface area contributed by atoms with Crippen molar-refractivity contribution in [3.05, 3.63) is 0 Å². The molecule has 0 aromatic carbocycles. The normalized spacial score (nSPS) is 10.9. The van der Waals surface area contributed by atoms with Crippen molar-refractivity contribution in [2.75, 3.05) is 0 Å². The van der Waals surface area contributed by atoms with Crippen molar-refractivity contribution in [3.63, 3.8) is 0 Å². The first-order chi connectivity index (χ1) is 3.68. The summed E-state index contributed by atoms with van der Waals surface area (Å²) in [5, 5.41) is 10.4. The first-order valence-corrected chi connectivity index (χ1v) is 2.39. The second-order valence-corrected chi connectivity index (χ2v) is 1.80. The molecule has 3 heteroatoms. The molecule has 0 atom stereocenters. The minimum Gasteiger partial charge on any atom is -0.411 e. The van der Waals surface area contributed by atoms with Gasteiger partial charge in [0.05, 0.1) is 0 Å². The van der Waals surface area contributed by atoms with E-state index in [1.807, 2.05) is 0 Å². The molecule has 0 amide bonds. The molecular formula is C5H9NO2. The molecule has 0 bridgehead atoms. The highest BCUT2D eigenvalue weighted by molar-refractivity contribution is 6.27. The predicted octanol–water partition coefficient (Wildman–Crippen LogP) is 0.671. The van der Waals surface area contributed by atoms with Crippen LogP contribution in [0.1, 0.15) is 13.8 Å². The van der Waals surface area contributed by atoms with Gasteiger partial charge >= 0.3 is 0 Å². The lowest BCUT2D eigenvalue weighted by Gasteiger charge is -1.92. The second kappa shape index (κ2) is 3.18. The Bertz CT molecular complexity index is 107. The summed E-state index contributed by atoms with van der Waals surface area (Å²) in [6.45, 7) is 3.48. The van der Waals surface area contributed by atoms with Gasteiger partial charge in [-0.15, -0.1) is 0 Å². The van der Waals surface area contributed by atoms with Gasteiger partial charge in [0.1, 0.15) is 6.21 Å². The van der Waals surface area contributed by atoms with E-state index in [1.165, 1.54) is 0 Å². The van der Waals surface area contributed by atoms with E-state index in [4.69, 9.17) is 5.21 Å². The third-order valence-corrected chi connectivity index (χ3v) is 0.754. The number of hydrogen-bond acceptors (Lipinski definition) is 3. The van der Waals surface area contributed by atoms with Gasteiger partial charge in [0, 0.05) is 5.92 Å². The molecule has 0 radical (unpaired) electrons. The maximum Gasteiger partial charge on any atom is 0.179 e. The van der Waals surface area contributed by atoms with Crippen LogP contribution in [0.5, 0.6) is 0 Å². The Morgan fingerprint density at radius 3 is 2.38 bits per heavy atom. The van der Waals surface area contributed by atoms with Gasteiger partial charge in [-0.2, -0.15) is 0 Å². The number of Topliss-reactive ketones (excluding diaryl/α,β-unsaturated/α-hetero) is 1. The molecule has 0 heterocycles. The maximum atomic E-state index is 10.4. The van der Waals surface area contributed by atoms with Gasteiger partial charge in [-0.25, -0.2) is 0 Å². The van der Waals surface area contributed by atoms with E-state index >= 15 is 0 Å². The number of nitrogens with zero attached hydrogens (tertiary/aromatic N) is 1. The Morgan fingerprint density at radius 1 is 1.75 bits per heavy atom. The van der Waals surface area contributed by atoms with Crippen molar-refractivity contribution >= 4 is 12.0 Å². The molecule has 0 aromatic rings. The summed E-state index contributed by atoms with van der Waals surface area (Å²) in [5.74, 6) is -0.238. The van der Waals surface area contributed by atoms with Crippen molar-refractivity contribution in [2.24, 2.45) is 11.1 Å². The molecule has 1 N–H and O–H groups in total. The smallest absolute Gasteiger partial charge is 0.179 e. The Hall–Kier alpha value is -0.860. The van der Waals surface area contributed by atoms with Crippen LogP contribution in [-0.4, -0.2) is 17.2 Å². The summed E-state index contributed by atoms with van der Waals surface area (Å²) in [6, 6.07) is 0. The van der Waals surface area contributed by atoms with E-state index in [9.17, 15) is 4.79 Å². The van der Waals surface area contributed by atoms with E-state index in [1.54, 1.807) is 13.8 Å². The van der Waals surface area contributed by atoms with Crippen LogP contribution in [0.4, 0.5) is 0 Å². The fourth-order valence-corrected chi connectivity index (χ4v) is 0.206. The molecule has 0 saturated carbocycles. The molecule has 0 fully saturated rings. The van der Waals surface area contributed by atoms with E-state index in [0.29, 0.717) is 0 Å². The van der Waals surface area contributed by atoms with Gasteiger partial charge < -0.3 is 5.21 Å². The largest absolute Gasteiger partial charge is 0.411 e. The van der Waals surface area contributed by atoms with Crippen LogP contribution in [0.2, 0.25) is 0 Å². The van der Waals surface area contributed by atoms with Crippen molar-refractivity contribution in [1.29, 1.82) is 0 Å². The zero-order chi connectivity index (χ0) is 6.57. The quantitative estimate of drug-likeness (QED) is 0.326. The van der Waals surface area contributed by atoms with Gasteiger partial charge in [-0.3, -0.25) is 4.79 Å². The van der Waals surface area contributed by atoms with Crippen LogP contribution in [-0.2, 0) is 4.79 Å². The Labute approximate surface area is 48.0 Å². The topological polar surface area (TPSA) is 49.7 Å². The fourth-order valence-electron chi connectivity index (χ4n) is 0.206. The number of carbonyl (C=O) groups excluding carboxylic acids is 1. The van der Waals surface area contributed by atoms with Crippen molar-refractivity contribution in [2.45, 2.75) is 13.8 Å².